The topological polar surface area (TPSA) is 81.5 Å². The van der Waals surface area contributed by atoms with Gasteiger partial charge in [-0.3, -0.25) is 14.9 Å². The number of hydrogen-bond donors (Lipinski definition) is 1. The van der Waals surface area contributed by atoms with Crippen molar-refractivity contribution in [3.63, 3.8) is 0 Å². The van der Waals surface area contributed by atoms with Crippen LogP contribution < -0.4 is 10.1 Å². The molecule has 7 heteroatoms. The van der Waals surface area contributed by atoms with E-state index in [4.69, 9.17) is 16.3 Å². The lowest BCUT2D eigenvalue weighted by Gasteiger charge is -2.10. The van der Waals surface area contributed by atoms with Gasteiger partial charge in [0.2, 0.25) is 0 Å². The molecule has 6 nitrogen and oxygen atoms in total. The lowest BCUT2D eigenvalue weighted by Crippen LogP contribution is -2.13. The Balaban J connectivity index is 2.02. The van der Waals surface area contributed by atoms with E-state index in [9.17, 15) is 14.9 Å². The van der Waals surface area contributed by atoms with Gasteiger partial charge in [0.05, 0.1) is 18.1 Å². The maximum atomic E-state index is 12.7. The van der Waals surface area contributed by atoms with Crippen LogP contribution >= 0.6 is 11.6 Å². The molecule has 0 unspecified atom stereocenters. The highest BCUT2D eigenvalue weighted by atomic mass is 35.5. The van der Waals surface area contributed by atoms with Gasteiger partial charge in [0.1, 0.15) is 11.4 Å². The third kappa shape index (κ3) is 3.25. The molecule has 126 valence electrons. The van der Waals surface area contributed by atoms with Crippen LogP contribution in [0.2, 0.25) is 5.02 Å². The van der Waals surface area contributed by atoms with E-state index < -0.39 is 10.8 Å². The number of nitro benzene ring substituents is 1. The van der Waals surface area contributed by atoms with Crippen LogP contribution in [0.4, 0.5) is 11.4 Å². The molecule has 0 aliphatic heterocycles. The molecule has 0 bridgehead atoms. The molecule has 0 atom stereocenters. The summed E-state index contributed by atoms with van der Waals surface area (Å²) >= 11 is 6.16. The van der Waals surface area contributed by atoms with Crippen molar-refractivity contribution in [3.8, 4) is 5.75 Å². The van der Waals surface area contributed by atoms with Crippen molar-refractivity contribution < 1.29 is 14.5 Å². The van der Waals surface area contributed by atoms with E-state index in [0.29, 0.717) is 21.7 Å². The highest BCUT2D eigenvalue weighted by Crippen LogP contribution is 2.31. The van der Waals surface area contributed by atoms with E-state index in [-0.39, 0.29) is 11.4 Å². The monoisotopic (exact) mass is 356 g/mol. The minimum Gasteiger partial charge on any atom is -0.496 e. The van der Waals surface area contributed by atoms with Crippen molar-refractivity contribution in [3.05, 3.63) is 75.3 Å². The Morgan fingerprint density at radius 3 is 2.56 bits per heavy atom. The zero-order valence-corrected chi connectivity index (χ0v) is 13.9. The molecule has 0 aliphatic carbocycles. The number of nitrogens with zero attached hydrogens (tertiary/aromatic N) is 1. The Morgan fingerprint density at radius 2 is 1.84 bits per heavy atom. The van der Waals surface area contributed by atoms with Crippen LogP contribution in [-0.2, 0) is 0 Å². The number of rotatable bonds is 4. The van der Waals surface area contributed by atoms with E-state index in [1.54, 1.807) is 36.4 Å². The van der Waals surface area contributed by atoms with Crippen molar-refractivity contribution >= 4 is 39.7 Å². The number of nitro groups is 1. The van der Waals surface area contributed by atoms with Gasteiger partial charge in [0, 0.05) is 16.0 Å². The van der Waals surface area contributed by atoms with Crippen molar-refractivity contribution in [1.82, 2.24) is 0 Å². The zero-order valence-electron chi connectivity index (χ0n) is 13.2. The molecule has 0 heterocycles. The van der Waals surface area contributed by atoms with Gasteiger partial charge in [-0.1, -0.05) is 35.9 Å². The van der Waals surface area contributed by atoms with Crippen LogP contribution in [0.1, 0.15) is 10.4 Å². The van der Waals surface area contributed by atoms with E-state index in [1.165, 1.54) is 19.2 Å². The van der Waals surface area contributed by atoms with Crippen molar-refractivity contribution in [2.75, 3.05) is 12.4 Å². The van der Waals surface area contributed by atoms with Crippen LogP contribution in [0.15, 0.2) is 54.6 Å². The Labute approximate surface area is 148 Å². The summed E-state index contributed by atoms with van der Waals surface area (Å²) in [6, 6.07) is 14.7. The second-order valence-electron chi connectivity index (χ2n) is 5.23. The fourth-order valence-electron chi connectivity index (χ4n) is 2.55. The number of nitrogens with one attached hydrogen (secondary N) is 1. The highest BCUT2D eigenvalue weighted by molar-refractivity contribution is 6.36. The fraction of sp³-hybridized carbons (Fsp3) is 0.0556. The van der Waals surface area contributed by atoms with Gasteiger partial charge < -0.3 is 10.1 Å². The smallest absolute Gasteiger partial charge is 0.296 e. The second-order valence-corrected chi connectivity index (χ2v) is 5.64. The van der Waals surface area contributed by atoms with Gasteiger partial charge >= 0.3 is 0 Å². The Morgan fingerprint density at radius 1 is 1.12 bits per heavy atom. The molecule has 1 amide bonds. The second kappa shape index (κ2) is 6.78. The number of methoxy groups -OCH3 is 1. The summed E-state index contributed by atoms with van der Waals surface area (Å²) in [5.74, 6) is -0.122. The maximum absolute atomic E-state index is 12.7. The first-order valence-corrected chi connectivity index (χ1v) is 7.70. The predicted octanol–water partition coefficient (Wildman–Crippen LogP) is 4.66. The first kappa shape index (κ1) is 16.7. The molecule has 0 spiro atoms. The maximum Gasteiger partial charge on any atom is 0.296 e. The van der Waals surface area contributed by atoms with Crippen LogP contribution in [0.3, 0.4) is 0 Å². The van der Waals surface area contributed by atoms with E-state index >= 15 is 0 Å². The average Bonchev–Trinajstić information content (AvgIpc) is 2.61. The third-order valence-electron chi connectivity index (χ3n) is 3.76. The SMILES string of the molecule is COc1ccc(NC(=O)c2cccc3c(Cl)cccc23)c([N+](=O)[O-])c1. The molecular weight excluding hydrogens is 344 g/mol. The van der Waals surface area contributed by atoms with Crippen molar-refractivity contribution in [2.45, 2.75) is 0 Å². The summed E-state index contributed by atoms with van der Waals surface area (Å²) in [6.07, 6.45) is 0. The largest absolute Gasteiger partial charge is 0.496 e. The van der Waals surface area contributed by atoms with Gasteiger partial charge in [-0.15, -0.1) is 0 Å². The van der Waals surface area contributed by atoms with Gasteiger partial charge in [0.25, 0.3) is 11.6 Å². The molecule has 3 aromatic rings. The molecule has 0 saturated heterocycles. The standard InChI is InChI=1S/C18H13ClN2O4/c1-25-11-8-9-16(17(10-11)21(23)24)20-18(22)14-6-2-5-13-12(14)4-3-7-15(13)19/h2-10H,1H3,(H,20,22). The molecule has 0 fully saturated rings. The molecule has 0 radical (unpaired) electrons. The van der Waals surface area contributed by atoms with Crippen LogP contribution in [0, 0.1) is 10.1 Å². The molecular formula is C18H13ClN2O4. The Hall–Kier alpha value is -3.12. The van der Waals surface area contributed by atoms with Crippen molar-refractivity contribution in [2.24, 2.45) is 0 Å². The summed E-state index contributed by atoms with van der Waals surface area (Å²) in [5.41, 5.74) is 0.228. The number of fused-ring (bicyclic) bond motifs is 1. The third-order valence-corrected chi connectivity index (χ3v) is 4.09. The summed E-state index contributed by atoms with van der Waals surface area (Å²) in [7, 11) is 1.41. The molecule has 3 rings (SSSR count). The lowest BCUT2D eigenvalue weighted by molar-refractivity contribution is -0.384. The van der Waals surface area contributed by atoms with Gasteiger partial charge in [0.15, 0.2) is 0 Å². The Kier molecular flexibility index (Phi) is 4.54. The summed E-state index contributed by atoms with van der Waals surface area (Å²) in [6.45, 7) is 0. The normalized spacial score (nSPS) is 10.5. The van der Waals surface area contributed by atoms with E-state index in [0.717, 1.165) is 5.39 Å². The van der Waals surface area contributed by atoms with Crippen LogP contribution in [0.5, 0.6) is 5.75 Å². The lowest BCUT2D eigenvalue weighted by atomic mass is 10.0. The highest BCUT2D eigenvalue weighted by Gasteiger charge is 2.19. The molecule has 25 heavy (non-hydrogen) atoms. The number of hydrogen-bond acceptors (Lipinski definition) is 4. The minimum atomic E-state index is -0.571. The minimum absolute atomic E-state index is 0.0924. The van der Waals surface area contributed by atoms with E-state index in [1.807, 2.05) is 6.07 Å². The molecule has 0 aromatic heterocycles. The molecule has 0 aliphatic rings. The molecule has 3 aromatic carbocycles. The number of anilines is 1. The van der Waals surface area contributed by atoms with Crippen LogP contribution in [-0.4, -0.2) is 17.9 Å². The quantitative estimate of drug-likeness (QED) is 0.544. The first-order chi connectivity index (χ1) is 12.0. The fourth-order valence-corrected chi connectivity index (χ4v) is 2.79. The number of amides is 1. The van der Waals surface area contributed by atoms with Gasteiger partial charge in [-0.2, -0.15) is 0 Å². The molecule has 0 saturated carbocycles. The number of ether oxygens (including phenoxy) is 1. The van der Waals surface area contributed by atoms with Crippen molar-refractivity contribution in [1.29, 1.82) is 0 Å². The predicted molar refractivity (Wildman–Crippen MR) is 96.6 cm³/mol. The number of carbonyl (C=O) groups excluding carboxylic acids is 1. The van der Waals surface area contributed by atoms with E-state index in [2.05, 4.69) is 5.32 Å². The summed E-state index contributed by atoms with van der Waals surface area (Å²) in [4.78, 5) is 23.3. The first-order valence-electron chi connectivity index (χ1n) is 7.32. The van der Waals surface area contributed by atoms with Gasteiger partial charge in [-0.25, -0.2) is 0 Å². The summed E-state index contributed by atoms with van der Waals surface area (Å²) in [5, 5.41) is 15.8. The zero-order chi connectivity index (χ0) is 18.0. The molecule has 1 N–H and O–H groups in total. The number of carbonyl (C=O) groups is 1. The van der Waals surface area contributed by atoms with Gasteiger partial charge in [-0.05, 0) is 29.7 Å². The average molecular weight is 357 g/mol. The Bertz CT molecular complexity index is 988. The number of benzene rings is 3. The summed E-state index contributed by atoms with van der Waals surface area (Å²) < 4.78 is 4.99. The number of halogens is 1. The van der Waals surface area contributed by atoms with Crippen LogP contribution in [0.25, 0.3) is 10.8 Å².